The van der Waals surface area contributed by atoms with Crippen LogP contribution in [0.1, 0.15) is 12.5 Å². The number of carbonyl (C=O) groups excluding carboxylic acids is 1. The summed E-state index contributed by atoms with van der Waals surface area (Å²) in [5, 5.41) is 12.0. The predicted octanol–water partition coefficient (Wildman–Crippen LogP) is 3.64. The van der Waals surface area contributed by atoms with Gasteiger partial charge in [0.15, 0.2) is 11.5 Å². The number of nitriles is 1. The molecule has 0 aliphatic heterocycles. The summed E-state index contributed by atoms with van der Waals surface area (Å²) in [6, 6.07) is 16.1. The number of ether oxygens (including phenoxy) is 2. The van der Waals surface area contributed by atoms with Crippen molar-refractivity contribution in [3.63, 3.8) is 0 Å². The summed E-state index contributed by atoms with van der Waals surface area (Å²) in [4.78, 5) is 12.2. The maximum absolute atomic E-state index is 12.2. The first-order valence-corrected chi connectivity index (χ1v) is 7.47. The highest BCUT2D eigenvalue weighted by Crippen LogP contribution is 2.29. The number of anilines is 1. The number of para-hydroxylation sites is 1. The van der Waals surface area contributed by atoms with Crippen LogP contribution in [0.25, 0.3) is 6.08 Å². The third-order valence-corrected chi connectivity index (χ3v) is 3.20. The van der Waals surface area contributed by atoms with Gasteiger partial charge in [0.25, 0.3) is 5.91 Å². The zero-order valence-corrected chi connectivity index (χ0v) is 13.6. The average Bonchev–Trinajstić information content (AvgIpc) is 2.61. The number of hydrogen-bond acceptors (Lipinski definition) is 4. The minimum Gasteiger partial charge on any atom is -0.493 e. The Kier molecular flexibility index (Phi) is 5.98. The van der Waals surface area contributed by atoms with E-state index >= 15 is 0 Å². The zero-order valence-electron chi connectivity index (χ0n) is 13.6. The molecule has 5 heteroatoms. The molecule has 0 spiro atoms. The summed E-state index contributed by atoms with van der Waals surface area (Å²) in [5.41, 5.74) is 1.31. The molecule has 0 aliphatic carbocycles. The lowest BCUT2D eigenvalue weighted by Crippen LogP contribution is -2.13. The summed E-state index contributed by atoms with van der Waals surface area (Å²) in [6.45, 7) is 2.41. The molecule has 24 heavy (non-hydrogen) atoms. The highest BCUT2D eigenvalue weighted by Gasteiger charge is 2.11. The van der Waals surface area contributed by atoms with Crippen molar-refractivity contribution in [2.75, 3.05) is 19.0 Å². The average molecular weight is 322 g/mol. The highest BCUT2D eigenvalue weighted by molar-refractivity contribution is 6.09. The number of hydrogen-bond donors (Lipinski definition) is 1. The Morgan fingerprint density at radius 3 is 2.58 bits per heavy atom. The van der Waals surface area contributed by atoms with Gasteiger partial charge >= 0.3 is 0 Å². The Hall–Kier alpha value is -3.26. The van der Waals surface area contributed by atoms with Gasteiger partial charge in [-0.3, -0.25) is 4.79 Å². The molecule has 2 rings (SSSR count). The molecule has 2 aromatic carbocycles. The van der Waals surface area contributed by atoms with Crippen molar-refractivity contribution in [1.82, 2.24) is 0 Å². The van der Waals surface area contributed by atoms with E-state index in [0.717, 1.165) is 0 Å². The van der Waals surface area contributed by atoms with E-state index in [1.54, 1.807) is 37.4 Å². The van der Waals surface area contributed by atoms with Crippen LogP contribution >= 0.6 is 0 Å². The summed E-state index contributed by atoms with van der Waals surface area (Å²) >= 11 is 0. The van der Waals surface area contributed by atoms with E-state index in [1.807, 2.05) is 31.2 Å². The Balaban J connectivity index is 2.23. The smallest absolute Gasteiger partial charge is 0.266 e. The number of nitrogens with zero attached hydrogens (tertiary/aromatic N) is 1. The van der Waals surface area contributed by atoms with Gasteiger partial charge in [0.2, 0.25) is 0 Å². The summed E-state index contributed by atoms with van der Waals surface area (Å²) in [6.07, 6.45) is 1.51. The van der Waals surface area contributed by atoms with Gasteiger partial charge < -0.3 is 14.8 Å². The number of amides is 1. The number of benzene rings is 2. The van der Waals surface area contributed by atoms with E-state index in [9.17, 15) is 10.1 Å². The quantitative estimate of drug-likeness (QED) is 0.651. The maximum Gasteiger partial charge on any atom is 0.266 e. The standard InChI is InChI=1S/C19H18N2O3/c1-3-24-17-10-9-14(12-18(17)23-2)11-15(13-20)19(22)21-16-7-5-4-6-8-16/h4-12H,3H2,1-2H3,(H,21,22)/b15-11+. The summed E-state index contributed by atoms with van der Waals surface area (Å²) in [7, 11) is 1.54. The lowest BCUT2D eigenvalue weighted by Gasteiger charge is -2.10. The number of methoxy groups -OCH3 is 1. The molecule has 0 radical (unpaired) electrons. The molecule has 0 aromatic heterocycles. The Morgan fingerprint density at radius 1 is 1.21 bits per heavy atom. The van der Waals surface area contributed by atoms with E-state index in [1.165, 1.54) is 6.08 Å². The fourth-order valence-corrected chi connectivity index (χ4v) is 2.08. The normalized spacial score (nSPS) is 10.6. The third kappa shape index (κ3) is 4.37. The van der Waals surface area contributed by atoms with E-state index in [-0.39, 0.29) is 5.57 Å². The van der Waals surface area contributed by atoms with Crippen molar-refractivity contribution < 1.29 is 14.3 Å². The van der Waals surface area contributed by atoms with Crippen molar-refractivity contribution in [3.05, 3.63) is 59.7 Å². The fourth-order valence-electron chi connectivity index (χ4n) is 2.08. The van der Waals surface area contributed by atoms with Gasteiger partial charge in [0.05, 0.1) is 13.7 Å². The molecule has 122 valence electrons. The van der Waals surface area contributed by atoms with Gasteiger partial charge in [-0.05, 0) is 42.8 Å². The molecule has 0 atom stereocenters. The van der Waals surface area contributed by atoms with Gasteiger partial charge in [-0.25, -0.2) is 0 Å². The van der Waals surface area contributed by atoms with E-state index < -0.39 is 5.91 Å². The zero-order chi connectivity index (χ0) is 17.4. The van der Waals surface area contributed by atoms with Crippen molar-refractivity contribution >= 4 is 17.7 Å². The maximum atomic E-state index is 12.2. The first-order chi connectivity index (χ1) is 11.7. The first kappa shape index (κ1) is 17.1. The molecule has 0 fully saturated rings. The van der Waals surface area contributed by atoms with Crippen LogP contribution in [0.2, 0.25) is 0 Å². The van der Waals surface area contributed by atoms with Gasteiger partial charge in [-0.15, -0.1) is 0 Å². The second-order valence-corrected chi connectivity index (χ2v) is 4.83. The Bertz CT molecular complexity index is 777. The van der Waals surface area contributed by atoms with Crippen LogP contribution in [0.4, 0.5) is 5.69 Å². The lowest BCUT2D eigenvalue weighted by atomic mass is 10.1. The molecular weight excluding hydrogens is 304 g/mol. The lowest BCUT2D eigenvalue weighted by molar-refractivity contribution is -0.112. The van der Waals surface area contributed by atoms with Gasteiger partial charge in [-0.2, -0.15) is 5.26 Å². The molecule has 2 aromatic rings. The molecule has 0 saturated carbocycles. The molecule has 1 amide bonds. The minimum atomic E-state index is -0.462. The van der Waals surface area contributed by atoms with Gasteiger partial charge in [0.1, 0.15) is 11.6 Å². The molecule has 0 bridgehead atoms. The van der Waals surface area contributed by atoms with Gasteiger partial charge in [-0.1, -0.05) is 24.3 Å². The number of carbonyl (C=O) groups is 1. The van der Waals surface area contributed by atoms with Crippen molar-refractivity contribution in [3.8, 4) is 17.6 Å². The molecule has 0 heterocycles. The molecule has 0 saturated heterocycles. The summed E-state index contributed by atoms with van der Waals surface area (Å²) < 4.78 is 10.7. The summed E-state index contributed by atoms with van der Waals surface area (Å²) in [5.74, 6) is 0.701. The van der Waals surface area contributed by atoms with Crippen molar-refractivity contribution in [2.24, 2.45) is 0 Å². The SMILES string of the molecule is CCOc1ccc(/C=C(\C#N)C(=O)Nc2ccccc2)cc1OC. The van der Waals surface area contributed by atoms with E-state index in [2.05, 4.69) is 5.32 Å². The van der Waals surface area contributed by atoms with Crippen LogP contribution in [-0.4, -0.2) is 19.6 Å². The van der Waals surface area contributed by atoms with Crippen molar-refractivity contribution in [1.29, 1.82) is 5.26 Å². The first-order valence-electron chi connectivity index (χ1n) is 7.47. The van der Waals surface area contributed by atoms with Crippen LogP contribution in [-0.2, 0) is 4.79 Å². The number of nitrogens with one attached hydrogen (secondary N) is 1. The van der Waals surface area contributed by atoms with Crippen LogP contribution in [0.5, 0.6) is 11.5 Å². The fraction of sp³-hybridized carbons (Fsp3) is 0.158. The second kappa shape index (κ2) is 8.39. The van der Waals surface area contributed by atoms with E-state index in [0.29, 0.717) is 29.4 Å². The number of rotatable bonds is 6. The highest BCUT2D eigenvalue weighted by atomic mass is 16.5. The van der Waals surface area contributed by atoms with E-state index in [4.69, 9.17) is 9.47 Å². The third-order valence-electron chi connectivity index (χ3n) is 3.20. The molecule has 1 N–H and O–H groups in total. The van der Waals surface area contributed by atoms with Crippen LogP contribution in [0, 0.1) is 11.3 Å². The predicted molar refractivity (Wildman–Crippen MR) is 92.8 cm³/mol. The Morgan fingerprint density at radius 2 is 1.96 bits per heavy atom. The van der Waals surface area contributed by atoms with Crippen LogP contribution in [0.3, 0.4) is 0 Å². The molecule has 0 aliphatic rings. The Labute approximate surface area is 141 Å². The van der Waals surface area contributed by atoms with Gasteiger partial charge in [0, 0.05) is 5.69 Å². The van der Waals surface area contributed by atoms with Crippen molar-refractivity contribution in [2.45, 2.75) is 6.92 Å². The molecular formula is C19H18N2O3. The van der Waals surface area contributed by atoms with Crippen LogP contribution in [0.15, 0.2) is 54.1 Å². The molecule has 0 unspecified atom stereocenters. The largest absolute Gasteiger partial charge is 0.493 e. The minimum absolute atomic E-state index is 0.00469. The monoisotopic (exact) mass is 322 g/mol. The second-order valence-electron chi connectivity index (χ2n) is 4.83. The van der Waals surface area contributed by atoms with Crippen LogP contribution < -0.4 is 14.8 Å². The molecule has 5 nitrogen and oxygen atoms in total. The topological polar surface area (TPSA) is 71.3 Å².